The highest BCUT2D eigenvalue weighted by atomic mass is 35.5. The highest BCUT2D eigenvalue weighted by Crippen LogP contribution is 2.26. The van der Waals surface area contributed by atoms with Crippen LogP contribution in [0, 0.1) is 0 Å². The number of alkyl halides is 1. The minimum atomic E-state index is 0.584. The molecule has 106 valence electrons. The molecule has 0 spiro atoms. The van der Waals surface area contributed by atoms with Gasteiger partial charge in [0.05, 0.1) is 6.61 Å². The van der Waals surface area contributed by atoms with Crippen LogP contribution in [0.5, 0.6) is 5.75 Å². The summed E-state index contributed by atoms with van der Waals surface area (Å²) in [5.74, 6) is 1.82. The zero-order valence-corrected chi connectivity index (χ0v) is 12.7. The van der Waals surface area contributed by atoms with E-state index in [1.54, 1.807) is 0 Å². The zero-order chi connectivity index (χ0) is 13.7. The van der Waals surface area contributed by atoms with Crippen LogP contribution in [0.2, 0.25) is 0 Å². The Morgan fingerprint density at radius 2 is 2.16 bits per heavy atom. The average molecular weight is 282 g/mol. The van der Waals surface area contributed by atoms with Gasteiger partial charge in [0.2, 0.25) is 0 Å². The lowest BCUT2D eigenvalue weighted by atomic mass is 10.1. The van der Waals surface area contributed by atoms with Gasteiger partial charge in [-0.3, -0.25) is 0 Å². The Morgan fingerprint density at radius 1 is 1.32 bits per heavy atom. The Balaban J connectivity index is 1.89. The molecule has 0 bridgehead atoms. The van der Waals surface area contributed by atoms with E-state index >= 15 is 0 Å². The van der Waals surface area contributed by atoms with E-state index in [9.17, 15) is 0 Å². The van der Waals surface area contributed by atoms with Gasteiger partial charge in [0.25, 0.3) is 0 Å². The molecule has 0 aliphatic carbocycles. The van der Waals surface area contributed by atoms with Crippen LogP contribution in [0.4, 0.5) is 0 Å². The van der Waals surface area contributed by atoms with E-state index in [0.29, 0.717) is 6.04 Å². The standard InChI is InChI=1S/C16H24ClNO/c1-13(2)18(9-3-8-17)10-6-14-4-5-16-15(12-14)7-11-19-16/h4-5,12-13H,3,6-11H2,1-2H3. The topological polar surface area (TPSA) is 12.5 Å². The lowest BCUT2D eigenvalue weighted by Crippen LogP contribution is -2.33. The smallest absolute Gasteiger partial charge is 0.122 e. The van der Waals surface area contributed by atoms with Crippen molar-refractivity contribution in [2.45, 2.75) is 39.2 Å². The van der Waals surface area contributed by atoms with E-state index in [2.05, 4.69) is 36.9 Å². The second kappa shape index (κ2) is 7.16. The largest absolute Gasteiger partial charge is 0.493 e. The molecule has 1 aliphatic rings. The predicted molar refractivity (Wildman–Crippen MR) is 81.4 cm³/mol. The van der Waals surface area contributed by atoms with Crippen LogP contribution in [-0.4, -0.2) is 36.5 Å². The molecule has 2 rings (SSSR count). The number of ether oxygens (including phenoxy) is 1. The number of halogens is 1. The minimum Gasteiger partial charge on any atom is -0.493 e. The molecule has 3 heteroatoms. The maximum absolute atomic E-state index is 5.79. The summed E-state index contributed by atoms with van der Waals surface area (Å²) in [4.78, 5) is 2.51. The molecule has 0 saturated heterocycles. The van der Waals surface area contributed by atoms with Crippen molar-refractivity contribution >= 4 is 11.6 Å². The molecular formula is C16H24ClNO. The number of rotatable bonds is 7. The molecule has 0 amide bonds. The Kier molecular flexibility index (Phi) is 5.53. The molecule has 19 heavy (non-hydrogen) atoms. The first kappa shape index (κ1) is 14.7. The van der Waals surface area contributed by atoms with Crippen LogP contribution in [0.15, 0.2) is 18.2 Å². The van der Waals surface area contributed by atoms with Gasteiger partial charge in [-0.25, -0.2) is 0 Å². The van der Waals surface area contributed by atoms with Gasteiger partial charge >= 0.3 is 0 Å². The van der Waals surface area contributed by atoms with Crippen LogP contribution in [0.3, 0.4) is 0 Å². The van der Waals surface area contributed by atoms with E-state index in [0.717, 1.165) is 50.6 Å². The summed E-state index contributed by atoms with van der Waals surface area (Å²) in [6.45, 7) is 7.55. The number of fused-ring (bicyclic) bond motifs is 1. The molecule has 0 saturated carbocycles. The number of hydrogen-bond acceptors (Lipinski definition) is 2. The molecule has 1 aliphatic heterocycles. The molecule has 1 aromatic rings. The molecule has 2 nitrogen and oxygen atoms in total. The van der Waals surface area contributed by atoms with Gasteiger partial charge in [-0.1, -0.05) is 12.1 Å². The van der Waals surface area contributed by atoms with Crippen molar-refractivity contribution in [1.82, 2.24) is 4.90 Å². The van der Waals surface area contributed by atoms with Gasteiger partial charge in [-0.05, 0) is 50.4 Å². The first-order valence-electron chi connectivity index (χ1n) is 7.25. The van der Waals surface area contributed by atoms with E-state index in [-0.39, 0.29) is 0 Å². The average Bonchev–Trinajstić information content (AvgIpc) is 2.85. The number of benzene rings is 1. The Morgan fingerprint density at radius 3 is 2.89 bits per heavy atom. The van der Waals surface area contributed by atoms with Crippen LogP contribution < -0.4 is 4.74 Å². The van der Waals surface area contributed by atoms with Gasteiger partial charge in [-0.15, -0.1) is 11.6 Å². The number of nitrogens with zero attached hydrogens (tertiary/aromatic N) is 1. The fraction of sp³-hybridized carbons (Fsp3) is 0.625. The Hall–Kier alpha value is -0.730. The van der Waals surface area contributed by atoms with Crippen LogP contribution in [0.1, 0.15) is 31.4 Å². The third-order valence-corrected chi connectivity index (χ3v) is 4.02. The van der Waals surface area contributed by atoms with Crippen LogP contribution >= 0.6 is 11.6 Å². The zero-order valence-electron chi connectivity index (χ0n) is 12.0. The monoisotopic (exact) mass is 281 g/mol. The van der Waals surface area contributed by atoms with Crippen molar-refractivity contribution in [3.05, 3.63) is 29.3 Å². The summed E-state index contributed by atoms with van der Waals surface area (Å²) < 4.78 is 5.55. The van der Waals surface area contributed by atoms with Gasteiger partial charge in [-0.2, -0.15) is 0 Å². The maximum atomic E-state index is 5.79. The van der Waals surface area contributed by atoms with Gasteiger partial charge in [0.1, 0.15) is 5.75 Å². The summed E-state index contributed by atoms with van der Waals surface area (Å²) >= 11 is 5.79. The normalized spacial score (nSPS) is 13.9. The molecule has 0 radical (unpaired) electrons. The Bertz CT molecular complexity index is 406. The molecule has 0 aromatic heterocycles. The van der Waals surface area contributed by atoms with E-state index in [1.807, 2.05) is 0 Å². The highest BCUT2D eigenvalue weighted by molar-refractivity contribution is 6.17. The lowest BCUT2D eigenvalue weighted by molar-refractivity contribution is 0.225. The lowest BCUT2D eigenvalue weighted by Gasteiger charge is -2.26. The predicted octanol–water partition coefficient (Wildman–Crippen LogP) is 3.50. The van der Waals surface area contributed by atoms with Gasteiger partial charge in [0.15, 0.2) is 0 Å². The molecule has 1 heterocycles. The molecule has 0 N–H and O–H groups in total. The second-order valence-corrected chi connectivity index (χ2v) is 5.84. The van der Waals surface area contributed by atoms with Crippen molar-refractivity contribution in [2.24, 2.45) is 0 Å². The van der Waals surface area contributed by atoms with E-state index in [4.69, 9.17) is 16.3 Å². The second-order valence-electron chi connectivity index (χ2n) is 5.46. The molecule has 1 aromatic carbocycles. The molecule has 0 fully saturated rings. The quantitative estimate of drug-likeness (QED) is 0.709. The maximum Gasteiger partial charge on any atom is 0.122 e. The summed E-state index contributed by atoms with van der Waals surface area (Å²) in [6.07, 6.45) is 3.23. The first-order chi connectivity index (χ1) is 9.20. The van der Waals surface area contributed by atoms with Gasteiger partial charge in [0, 0.05) is 24.9 Å². The SMILES string of the molecule is CC(C)N(CCCCl)CCc1ccc2c(c1)CCO2. The van der Waals surface area contributed by atoms with Crippen molar-refractivity contribution in [2.75, 3.05) is 25.6 Å². The highest BCUT2D eigenvalue weighted by Gasteiger charge is 2.13. The van der Waals surface area contributed by atoms with Crippen molar-refractivity contribution in [3.8, 4) is 5.75 Å². The van der Waals surface area contributed by atoms with Crippen molar-refractivity contribution in [3.63, 3.8) is 0 Å². The van der Waals surface area contributed by atoms with E-state index < -0.39 is 0 Å². The third-order valence-electron chi connectivity index (χ3n) is 3.75. The fourth-order valence-electron chi connectivity index (χ4n) is 2.56. The van der Waals surface area contributed by atoms with E-state index in [1.165, 1.54) is 11.1 Å². The molecule has 0 unspecified atom stereocenters. The Labute approximate surface area is 121 Å². The van der Waals surface area contributed by atoms with Crippen molar-refractivity contribution in [1.29, 1.82) is 0 Å². The minimum absolute atomic E-state index is 0.584. The summed E-state index contributed by atoms with van der Waals surface area (Å²) in [7, 11) is 0. The summed E-state index contributed by atoms with van der Waals surface area (Å²) in [6, 6.07) is 7.21. The van der Waals surface area contributed by atoms with Crippen LogP contribution in [-0.2, 0) is 12.8 Å². The molecule has 0 atom stereocenters. The fourth-order valence-corrected chi connectivity index (χ4v) is 2.68. The molecular weight excluding hydrogens is 258 g/mol. The number of hydrogen-bond donors (Lipinski definition) is 0. The van der Waals surface area contributed by atoms with Crippen LogP contribution in [0.25, 0.3) is 0 Å². The van der Waals surface area contributed by atoms with Crippen molar-refractivity contribution < 1.29 is 4.74 Å². The summed E-state index contributed by atoms with van der Waals surface area (Å²) in [5.41, 5.74) is 2.79. The summed E-state index contributed by atoms with van der Waals surface area (Å²) in [5, 5.41) is 0. The first-order valence-corrected chi connectivity index (χ1v) is 7.79. The third kappa shape index (κ3) is 4.12. The van der Waals surface area contributed by atoms with Gasteiger partial charge < -0.3 is 9.64 Å².